The third-order valence-corrected chi connectivity index (χ3v) is 6.50. The first-order valence-corrected chi connectivity index (χ1v) is 12.4. The average molecular weight is 441 g/mol. The minimum absolute atomic E-state index is 0.0185. The summed E-state index contributed by atoms with van der Waals surface area (Å²) in [7, 11) is 0. The van der Waals surface area contributed by atoms with Gasteiger partial charge in [-0.05, 0) is 62.1 Å². The number of aryl methyl sites for hydroxylation is 1. The second kappa shape index (κ2) is 12.7. The van der Waals surface area contributed by atoms with Crippen molar-refractivity contribution in [2.24, 2.45) is 5.92 Å². The Kier molecular flexibility index (Phi) is 9.63. The van der Waals surface area contributed by atoms with Crippen LogP contribution in [0.15, 0.2) is 30.6 Å². The Morgan fingerprint density at radius 1 is 1.00 bits per heavy atom. The third kappa shape index (κ3) is 7.11. The monoisotopic (exact) mass is 440 g/mol. The molecule has 0 amide bonds. The van der Waals surface area contributed by atoms with Crippen LogP contribution in [0.2, 0.25) is 0 Å². The molecule has 174 valence electrons. The van der Waals surface area contributed by atoms with Gasteiger partial charge in [0.2, 0.25) is 0 Å². The van der Waals surface area contributed by atoms with Crippen LogP contribution in [0.25, 0.3) is 11.4 Å². The Labute approximate surface area is 192 Å². The molecule has 5 heteroatoms. The molecule has 1 aromatic carbocycles. The van der Waals surface area contributed by atoms with Gasteiger partial charge in [-0.1, -0.05) is 58.4 Å². The Bertz CT molecular complexity index is 845. The van der Waals surface area contributed by atoms with Crippen LogP contribution in [0.1, 0.15) is 100 Å². The van der Waals surface area contributed by atoms with Gasteiger partial charge in [-0.15, -0.1) is 0 Å². The molecule has 0 aliphatic heterocycles. The largest absolute Gasteiger partial charge is 0.459 e. The fourth-order valence-corrected chi connectivity index (χ4v) is 4.47. The lowest BCUT2D eigenvalue weighted by Crippen LogP contribution is -2.25. The van der Waals surface area contributed by atoms with E-state index in [0.717, 1.165) is 50.0 Å². The number of hydrogen-bond acceptors (Lipinski definition) is 4. The van der Waals surface area contributed by atoms with Gasteiger partial charge >= 0.3 is 5.97 Å². The van der Waals surface area contributed by atoms with E-state index in [0.29, 0.717) is 11.4 Å². The fourth-order valence-electron chi connectivity index (χ4n) is 4.47. The van der Waals surface area contributed by atoms with E-state index in [2.05, 4.69) is 23.8 Å². The second-order valence-corrected chi connectivity index (χ2v) is 9.11. The topological polar surface area (TPSA) is 52.1 Å². The zero-order chi connectivity index (χ0) is 22.8. The molecule has 1 heterocycles. The van der Waals surface area contributed by atoms with E-state index in [1.54, 1.807) is 18.5 Å². The Morgan fingerprint density at radius 2 is 1.69 bits per heavy atom. The number of hydrogen-bond donors (Lipinski definition) is 0. The number of rotatable bonds is 11. The predicted molar refractivity (Wildman–Crippen MR) is 126 cm³/mol. The molecule has 4 nitrogen and oxygen atoms in total. The highest BCUT2D eigenvalue weighted by Gasteiger charge is 2.25. The summed E-state index contributed by atoms with van der Waals surface area (Å²) in [4.78, 5) is 21.3. The van der Waals surface area contributed by atoms with Gasteiger partial charge in [-0.3, -0.25) is 0 Å². The van der Waals surface area contributed by atoms with E-state index in [1.165, 1.54) is 50.7 Å². The number of esters is 1. The number of unbranched alkanes of at least 4 members (excludes halogenated alkanes) is 4. The lowest BCUT2D eigenvalue weighted by molar-refractivity contribution is 0.0156. The van der Waals surface area contributed by atoms with Crippen molar-refractivity contribution < 1.29 is 13.9 Å². The number of benzene rings is 1. The molecular weight excluding hydrogens is 403 g/mol. The number of carbonyl (C=O) groups excluding carboxylic acids is 1. The zero-order valence-corrected chi connectivity index (χ0v) is 19.6. The van der Waals surface area contributed by atoms with Crippen molar-refractivity contribution >= 4 is 5.97 Å². The van der Waals surface area contributed by atoms with Gasteiger partial charge < -0.3 is 4.74 Å². The van der Waals surface area contributed by atoms with Crippen molar-refractivity contribution in [1.29, 1.82) is 0 Å². The summed E-state index contributed by atoms with van der Waals surface area (Å²) >= 11 is 0. The maximum atomic E-state index is 14.7. The van der Waals surface area contributed by atoms with E-state index in [9.17, 15) is 9.18 Å². The summed E-state index contributed by atoms with van der Waals surface area (Å²) in [5.74, 6) is 0.0436. The summed E-state index contributed by atoms with van der Waals surface area (Å²) in [6.45, 7) is 4.40. The first kappa shape index (κ1) is 24.3. The van der Waals surface area contributed by atoms with Crippen LogP contribution in [0.4, 0.5) is 4.39 Å². The summed E-state index contributed by atoms with van der Waals surface area (Å²) in [6, 6.07) is 4.51. The van der Waals surface area contributed by atoms with Crippen molar-refractivity contribution in [1.82, 2.24) is 9.97 Å². The zero-order valence-electron chi connectivity index (χ0n) is 19.6. The van der Waals surface area contributed by atoms with Crippen LogP contribution in [-0.2, 0) is 11.2 Å². The standard InChI is InChI=1S/C27H37FN2O2/c1-3-5-7-9-20-11-14-23(15-12-20)32-27(31)24-16-13-22(17-25(24)28)26-29-18-21(19-30-26)10-8-6-4-2/h13,16-20,23H,3-12,14-15H2,1-2H3. The van der Waals surface area contributed by atoms with Gasteiger partial charge in [0.15, 0.2) is 5.82 Å². The smallest absolute Gasteiger partial charge is 0.341 e. The lowest BCUT2D eigenvalue weighted by atomic mass is 9.84. The van der Waals surface area contributed by atoms with Crippen molar-refractivity contribution in [3.05, 3.63) is 47.5 Å². The average Bonchev–Trinajstić information content (AvgIpc) is 2.81. The van der Waals surface area contributed by atoms with Crippen LogP contribution in [-0.4, -0.2) is 22.0 Å². The highest BCUT2D eigenvalue weighted by atomic mass is 19.1. The first-order valence-electron chi connectivity index (χ1n) is 12.4. The van der Waals surface area contributed by atoms with E-state index in [-0.39, 0.29) is 11.7 Å². The summed E-state index contributed by atoms with van der Waals surface area (Å²) in [6.07, 6.45) is 17.0. The van der Waals surface area contributed by atoms with Crippen LogP contribution in [0.5, 0.6) is 0 Å². The molecule has 0 saturated heterocycles. The molecule has 0 bridgehead atoms. The van der Waals surface area contributed by atoms with Gasteiger partial charge in [-0.2, -0.15) is 0 Å². The van der Waals surface area contributed by atoms with Gasteiger partial charge in [0.05, 0.1) is 5.56 Å². The first-order chi connectivity index (χ1) is 15.6. The number of ether oxygens (including phenoxy) is 1. The van der Waals surface area contributed by atoms with Crippen molar-refractivity contribution in [3.63, 3.8) is 0 Å². The molecule has 1 aliphatic rings. The van der Waals surface area contributed by atoms with Gasteiger partial charge in [0.1, 0.15) is 11.9 Å². The van der Waals surface area contributed by atoms with E-state index < -0.39 is 11.8 Å². The Morgan fingerprint density at radius 3 is 2.34 bits per heavy atom. The molecule has 0 radical (unpaired) electrons. The molecule has 1 fully saturated rings. The molecule has 0 unspecified atom stereocenters. The van der Waals surface area contributed by atoms with Crippen molar-refractivity contribution in [3.8, 4) is 11.4 Å². The molecule has 0 atom stereocenters. The van der Waals surface area contributed by atoms with E-state index >= 15 is 0 Å². The third-order valence-electron chi connectivity index (χ3n) is 6.50. The molecule has 3 rings (SSSR count). The summed E-state index contributed by atoms with van der Waals surface area (Å²) < 4.78 is 20.3. The SMILES string of the molecule is CCCCCc1cnc(-c2ccc(C(=O)OC3CCC(CCCCC)CC3)c(F)c2)nc1. The molecule has 1 aromatic heterocycles. The number of aromatic nitrogens is 2. The molecule has 1 saturated carbocycles. The molecule has 1 aliphatic carbocycles. The van der Waals surface area contributed by atoms with Gasteiger partial charge in [0, 0.05) is 18.0 Å². The highest BCUT2D eigenvalue weighted by molar-refractivity contribution is 5.90. The van der Waals surface area contributed by atoms with Crippen molar-refractivity contribution in [2.75, 3.05) is 0 Å². The van der Waals surface area contributed by atoms with Gasteiger partial charge in [0.25, 0.3) is 0 Å². The van der Waals surface area contributed by atoms with Crippen LogP contribution >= 0.6 is 0 Å². The second-order valence-electron chi connectivity index (χ2n) is 9.11. The molecule has 2 aromatic rings. The van der Waals surface area contributed by atoms with Crippen LogP contribution in [0.3, 0.4) is 0 Å². The fraction of sp³-hybridized carbons (Fsp3) is 0.593. The number of nitrogens with zero attached hydrogens (tertiary/aromatic N) is 2. The predicted octanol–water partition coefficient (Wildman–Crippen LogP) is 7.31. The van der Waals surface area contributed by atoms with E-state index in [1.807, 2.05) is 0 Å². The number of halogens is 1. The molecule has 0 N–H and O–H groups in total. The normalized spacial score (nSPS) is 18.5. The molecule has 32 heavy (non-hydrogen) atoms. The Hall–Kier alpha value is -2.30. The lowest BCUT2D eigenvalue weighted by Gasteiger charge is -2.28. The van der Waals surface area contributed by atoms with Crippen molar-refractivity contribution in [2.45, 2.75) is 97.0 Å². The summed E-state index contributed by atoms with van der Waals surface area (Å²) in [5.41, 5.74) is 1.63. The van der Waals surface area contributed by atoms with Gasteiger partial charge in [-0.25, -0.2) is 19.2 Å². The minimum Gasteiger partial charge on any atom is -0.459 e. The number of carbonyl (C=O) groups is 1. The van der Waals surface area contributed by atoms with E-state index in [4.69, 9.17) is 4.74 Å². The van der Waals surface area contributed by atoms with Crippen LogP contribution < -0.4 is 0 Å². The minimum atomic E-state index is -0.587. The van der Waals surface area contributed by atoms with Crippen LogP contribution in [0, 0.1) is 11.7 Å². The quantitative estimate of drug-likeness (QED) is 0.271. The highest BCUT2D eigenvalue weighted by Crippen LogP contribution is 2.31. The molecular formula is C27H37FN2O2. The maximum absolute atomic E-state index is 14.7. The Balaban J connectivity index is 1.53. The summed E-state index contributed by atoms with van der Waals surface area (Å²) in [5, 5.41) is 0. The maximum Gasteiger partial charge on any atom is 0.341 e. The molecule has 0 spiro atoms.